The molecule has 50 heavy (non-hydrogen) atoms. The number of ether oxygens (including phenoxy) is 1. The number of fused-ring (bicyclic) bond motifs is 5. The van der Waals surface area contributed by atoms with Crippen LogP contribution in [-0.2, 0) is 0 Å². The molecule has 1 aliphatic rings. The molecule has 1 aliphatic heterocycles. The fourth-order valence-electron chi connectivity index (χ4n) is 6.98. The molecule has 0 spiro atoms. The molecule has 0 unspecified atom stereocenters. The van der Waals surface area contributed by atoms with E-state index >= 15 is 0 Å². The van der Waals surface area contributed by atoms with Crippen LogP contribution in [0.15, 0.2) is 200 Å². The van der Waals surface area contributed by atoms with Gasteiger partial charge in [-0.3, -0.25) is 0 Å². The van der Waals surface area contributed by atoms with Crippen molar-refractivity contribution in [2.24, 2.45) is 0 Å². The molecule has 0 N–H and O–H groups in total. The highest BCUT2D eigenvalue weighted by molar-refractivity contribution is 5.93. The van der Waals surface area contributed by atoms with Crippen LogP contribution in [0.4, 0.5) is 17.1 Å². The van der Waals surface area contributed by atoms with E-state index in [1.807, 2.05) is 0 Å². The highest BCUT2D eigenvalue weighted by Crippen LogP contribution is 2.49. The van der Waals surface area contributed by atoms with Gasteiger partial charge in [-0.15, -0.1) is 0 Å². The van der Waals surface area contributed by atoms with Gasteiger partial charge in [0.1, 0.15) is 11.5 Å². The van der Waals surface area contributed by atoms with Crippen LogP contribution < -0.4 is 9.64 Å². The molecule has 0 saturated carbocycles. The van der Waals surface area contributed by atoms with Crippen molar-refractivity contribution in [2.75, 3.05) is 4.90 Å². The molecule has 0 bridgehead atoms. The first-order chi connectivity index (χ1) is 24.8. The van der Waals surface area contributed by atoms with E-state index in [1.165, 1.54) is 33.4 Å². The normalized spacial score (nSPS) is 11.4. The van der Waals surface area contributed by atoms with Gasteiger partial charge in [-0.2, -0.15) is 0 Å². The van der Waals surface area contributed by atoms with Crippen LogP contribution in [0.5, 0.6) is 11.5 Å². The molecule has 2 heteroatoms. The van der Waals surface area contributed by atoms with Gasteiger partial charge in [0.15, 0.2) is 0 Å². The van der Waals surface area contributed by atoms with Gasteiger partial charge in [0.2, 0.25) is 0 Å². The summed E-state index contributed by atoms with van der Waals surface area (Å²) in [5, 5.41) is 0. The molecular formula is C48H33NO. The van der Waals surface area contributed by atoms with Gasteiger partial charge in [-0.1, -0.05) is 146 Å². The summed E-state index contributed by atoms with van der Waals surface area (Å²) >= 11 is 0. The van der Waals surface area contributed by atoms with E-state index in [2.05, 4.69) is 205 Å². The van der Waals surface area contributed by atoms with Gasteiger partial charge in [-0.05, 0) is 93.0 Å². The summed E-state index contributed by atoms with van der Waals surface area (Å²) in [5.74, 6) is 1.67. The molecule has 8 aromatic rings. The predicted octanol–water partition coefficient (Wildman–Crippen LogP) is 13.6. The van der Waals surface area contributed by atoms with Gasteiger partial charge in [-0.25, -0.2) is 0 Å². The van der Waals surface area contributed by atoms with Crippen molar-refractivity contribution in [3.63, 3.8) is 0 Å². The van der Waals surface area contributed by atoms with Crippen LogP contribution in [0, 0.1) is 0 Å². The van der Waals surface area contributed by atoms with Crippen LogP contribution in [-0.4, -0.2) is 0 Å². The molecule has 0 amide bonds. The van der Waals surface area contributed by atoms with Crippen molar-refractivity contribution in [3.05, 3.63) is 200 Å². The van der Waals surface area contributed by atoms with Crippen LogP contribution in [0.25, 0.3) is 55.6 Å². The Balaban J connectivity index is 1.16. The second-order valence-electron chi connectivity index (χ2n) is 12.6. The molecule has 1 heterocycles. The highest BCUT2D eigenvalue weighted by Gasteiger charge is 2.23. The fourth-order valence-corrected chi connectivity index (χ4v) is 6.98. The summed E-state index contributed by atoms with van der Waals surface area (Å²) in [5.41, 5.74) is 14.7. The maximum absolute atomic E-state index is 6.87. The van der Waals surface area contributed by atoms with Gasteiger partial charge in [0, 0.05) is 34.3 Å². The molecule has 0 saturated heterocycles. The fraction of sp³-hybridized carbons (Fsp3) is 0. The lowest BCUT2D eigenvalue weighted by Gasteiger charge is -2.27. The van der Waals surface area contributed by atoms with E-state index < -0.39 is 0 Å². The molecule has 0 aromatic heterocycles. The van der Waals surface area contributed by atoms with Crippen LogP contribution >= 0.6 is 0 Å². The Hall–Kier alpha value is -6.64. The van der Waals surface area contributed by atoms with Gasteiger partial charge >= 0.3 is 0 Å². The molecule has 0 radical (unpaired) electrons. The molecule has 9 rings (SSSR count). The standard InChI is InChI=1S/C48H33NO/c1-4-12-34(13-5-1)37-20-25-40(26-21-37)49(41-27-22-38(23-28-41)35-14-6-2-7-15-35)42-29-30-45-43-18-10-11-19-44(43)46-32-39(36-16-8-3-9-17-36)24-31-47(46)50-48(45)33-42/h1-33H. The van der Waals surface area contributed by atoms with Crippen LogP contribution in [0.3, 0.4) is 0 Å². The minimum Gasteiger partial charge on any atom is -0.456 e. The minimum atomic E-state index is 0.827. The molecule has 0 fully saturated rings. The van der Waals surface area contributed by atoms with Crippen molar-refractivity contribution >= 4 is 17.1 Å². The van der Waals surface area contributed by atoms with Crippen LogP contribution in [0.1, 0.15) is 0 Å². The number of rotatable bonds is 6. The Labute approximate surface area is 293 Å². The number of hydrogen-bond acceptors (Lipinski definition) is 2. The zero-order chi connectivity index (χ0) is 33.3. The monoisotopic (exact) mass is 639 g/mol. The van der Waals surface area contributed by atoms with Gasteiger partial charge in [0.05, 0.1) is 0 Å². The minimum absolute atomic E-state index is 0.827. The zero-order valence-corrected chi connectivity index (χ0v) is 27.4. The first-order valence-electron chi connectivity index (χ1n) is 17.0. The van der Waals surface area contributed by atoms with Crippen LogP contribution in [0.2, 0.25) is 0 Å². The maximum atomic E-state index is 6.87. The number of hydrogen-bond donors (Lipinski definition) is 0. The maximum Gasteiger partial charge on any atom is 0.137 e. The van der Waals surface area contributed by atoms with Gasteiger partial charge < -0.3 is 9.64 Å². The highest BCUT2D eigenvalue weighted by atomic mass is 16.5. The van der Waals surface area contributed by atoms with Crippen molar-refractivity contribution in [2.45, 2.75) is 0 Å². The largest absolute Gasteiger partial charge is 0.456 e. The van der Waals surface area contributed by atoms with E-state index in [1.54, 1.807) is 0 Å². The van der Waals surface area contributed by atoms with Crippen molar-refractivity contribution in [3.8, 4) is 67.1 Å². The Morgan fingerprint density at radius 3 is 1.22 bits per heavy atom. The van der Waals surface area contributed by atoms with E-state index in [9.17, 15) is 0 Å². The average molecular weight is 640 g/mol. The molecular weight excluding hydrogens is 607 g/mol. The average Bonchev–Trinajstić information content (AvgIpc) is 3.33. The number of benzene rings is 8. The second-order valence-corrected chi connectivity index (χ2v) is 12.6. The zero-order valence-electron chi connectivity index (χ0n) is 27.4. The van der Waals surface area contributed by atoms with E-state index in [-0.39, 0.29) is 0 Å². The summed E-state index contributed by atoms with van der Waals surface area (Å²) in [6, 6.07) is 70.9. The Morgan fingerprint density at radius 2 is 0.680 bits per heavy atom. The Morgan fingerprint density at radius 1 is 0.260 bits per heavy atom. The van der Waals surface area contributed by atoms with E-state index in [0.717, 1.165) is 50.8 Å². The lowest BCUT2D eigenvalue weighted by Crippen LogP contribution is -2.10. The lowest BCUT2D eigenvalue weighted by molar-refractivity contribution is 0.488. The summed E-state index contributed by atoms with van der Waals surface area (Å²) in [6.45, 7) is 0. The summed E-state index contributed by atoms with van der Waals surface area (Å²) in [4.78, 5) is 2.31. The first-order valence-corrected chi connectivity index (χ1v) is 17.0. The lowest BCUT2D eigenvalue weighted by atomic mass is 9.92. The van der Waals surface area contributed by atoms with Gasteiger partial charge in [0.25, 0.3) is 0 Å². The number of anilines is 3. The SMILES string of the molecule is c1ccc(-c2ccc(N(c3ccc(-c4ccccc4)cc3)c3ccc4c(c3)Oc3ccc(-c5ccccc5)cc3-c3ccccc3-4)cc2)cc1. The Bertz CT molecular complexity index is 2330. The van der Waals surface area contributed by atoms with Crippen molar-refractivity contribution < 1.29 is 4.74 Å². The molecule has 8 aromatic carbocycles. The molecule has 236 valence electrons. The summed E-state index contributed by atoms with van der Waals surface area (Å²) < 4.78 is 6.87. The Kier molecular flexibility index (Phi) is 7.53. The third-order valence-corrected chi connectivity index (χ3v) is 9.50. The van der Waals surface area contributed by atoms with Crippen molar-refractivity contribution in [1.29, 1.82) is 0 Å². The molecule has 2 nitrogen and oxygen atoms in total. The number of nitrogens with zero attached hydrogens (tertiary/aromatic N) is 1. The molecule has 0 aliphatic carbocycles. The summed E-state index contributed by atoms with van der Waals surface area (Å²) in [6.07, 6.45) is 0. The van der Waals surface area contributed by atoms with E-state index in [0.29, 0.717) is 0 Å². The second kappa shape index (κ2) is 12.8. The third-order valence-electron chi connectivity index (χ3n) is 9.50. The summed E-state index contributed by atoms with van der Waals surface area (Å²) in [7, 11) is 0. The quantitative estimate of drug-likeness (QED) is 0.179. The third kappa shape index (κ3) is 5.53. The topological polar surface area (TPSA) is 12.5 Å². The predicted molar refractivity (Wildman–Crippen MR) is 208 cm³/mol. The van der Waals surface area contributed by atoms with E-state index in [4.69, 9.17) is 4.74 Å². The smallest absolute Gasteiger partial charge is 0.137 e. The van der Waals surface area contributed by atoms with Crippen molar-refractivity contribution in [1.82, 2.24) is 0 Å². The first kappa shape index (κ1) is 29.5. The molecule has 0 atom stereocenters.